The minimum atomic E-state index is -1.84. The quantitative estimate of drug-likeness (QED) is 0.423. The normalized spacial score (nSPS) is 29.3. The molecule has 1 saturated heterocycles. The Bertz CT molecular complexity index is 662. The first-order valence-electron chi connectivity index (χ1n) is 5.43. The summed E-state index contributed by atoms with van der Waals surface area (Å²) in [6, 6.07) is 0.968. The van der Waals surface area contributed by atoms with Crippen LogP contribution in [0.4, 0.5) is 0 Å². The molecule has 1 aromatic rings. The molecule has 1 aliphatic heterocycles. The summed E-state index contributed by atoms with van der Waals surface area (Å²) in [5.41, 5.74) is -1.62. The first kappa shape index (κ1) is 14.1. The van der Waals surface area contributed by atoms with Gasteiger partial charge in [-0.2, -0.15) is 0 Å². The molecule has 1 aromatic heterocycles. The van der Waals surface area contributed by atoms with Crippen LogP contribution in [0.3, 0.4) is 0 Å². The van der Waals surface area contributed by atoms with Crippen LogP contribution in [0.1, 0.15) is 6.23 Å². The number of nitrogens with zero attached hydrogens (tertiary/aromatic N) is 1. The van der Waals surface area contributed by atoms with E-state index in [1.165, 1.54) is 0 Å². The summed E-state index contributed by atoms with van der Waals surface area (Å²) in [6.45, 7) is 0. The highest BCUT2D eigenvalue weighted by molar-refractivity contribution is 6.34. The maximum Gasteiger partial charge on any atom is 0.375 e. The Hall–Kier alpha value is -2.30. The lowest BCUT2D eigenvalue weighted by Crippen LogP contribution is -2.39. The summed E-state index contributed by atoms with van der Waals surface area (Å²) in [5.74, 6) is -3.28. The fourth-order valence-corrected chi connectivity index (χ4v) is 1.86. The van der Waals surface area contributed by atoms with E-state index in [4.69, 9.17) is 9.84 Å². The first-order chi connectivity index (χ1) is 9.32. The average Bonchev–Trinajstić information content (AvgIpc) is 2.66. The van der Waals surface area contributed by atoms with Crippen molar-refractivity contribution in [3.63, 3.8) is 0 Å². The highest BCUT2D eigenvalue weighted by Crippen LogP contribution is 2.28. The van der Waals surface area contributed by atoms with Crippen molar-refractivity contribution < 1.29 is 29.6 Å². The monoisotopic (exact) mass is 286 g/mol. The number of ketones is 1. The zero-order valence-electron chi connectivity index (χ0n) is 9.79. The van der Waals surface area contributed by atoms with Gasteiger partial charge in [0.2, 0.25) is 0 Å². The number of aliphatic carboxylic acids is 1. The van der Waals surface area contributed by atoms with Crippen molar-refractivity contribution in [2.75, 3.05) is 0 Å². The number of carboxylic acids is 1. The van der Waals surface area contributed by atoms with Crippen LogP contribution in [-0.2, 0) is 14.3 Å². The lowest BCUT2D eigenvalue weighted by Gasteiger charge is -2.16. The molecule has 0 radical (unpaired) electrons. The number of aromatic amines is 1. The van der Waals surface area contributed by atoms with Crippen LogP contribution in [0.25, 0.3) is 0 Å². The van der Waals surface area contributed by atoms with Crippen molar-refractivity contribution in [1.82, 2.24) is 9.55 Å². The fraction of sp³-hybridized carbons (Fsp3) is 0.400. The van der Waals surface area contributed by atoms with Crippen molar-refractivity contribution in [2.24, 2.45) is 0 Å². The number of rotatable bonds is 3. The molecule has 2 heterocycles. The lowest BCUT2D eigenvalue weighted by atomic mass is 10.1. The molecule has 4 atom stereocenters. The van der Waals surface area contributed by atoms with Gasteiger partial charge in [-0.05, 0) is 0 Å². The number of carbonyl (C=O) groups excluding carboxylic acids is 1. The predicted octanol–water partition coefficient (Wildman–Crippen LogP) is -3.19. The molecule has 108 valence electrons. The smallest absolute Gasteiger partial charge is 0.375 e. The molecule has 0 saturated carbocycles. The van der Waals surface area contributed by atoms with Gasteiger partial charge >= 0.3 is 11.7 Å². The Balaban J connectivity index is 2.35. The second-order valence-corrected chi connectivity index (χ2v) is 4.12. The summed E-state index contributed by atoms with van der Waals surface area (Å²) in [7, 11) is 0. The number of Topliss-reactive ketones (excluding diaryl/α,β-unsaturated/α-hetero) is 1. The maximum absolute atomic E-state index is 11.5. The average molecular weight is 286 g/mol. The van der Waals surface area contributed by atoms with E-state index in [2.05, 4.69) is 0 Å². The zero-order chi connectivity index (χ0) is 15.0. The fourth-order valence-electron chi connectivity index (χ4n) is 1.86. The second kappa shape index (κ2) is 5.00. The minimum Gasteiger partial charge on any atom is -0.475 e. The molecule has 0 bridgehead atoms. The Morgan fingerprint density at radius 3 is 2.45 bits per heavy atom. The minimum absolute atomic E-state index is 0.683. The van der Waals surface area contributed by atoms with Gasteiger partial charge in [-0.15, -0.1) is 0 Å². The number of carbonyl (C=O) groups is 2. The summed E-state index contributed by atoms with van der Waals surface area (Å²) >= 11 is 0. The van der Waals surface area contributed by atoms with E-state index in [1.807, 2.05) is 4.98 Å². The molecule has 10 nitrogen and oxygen atoms in total. The Kier molecular flexibility index (Phi) is 3.53. The van der Waals surface area contributed by atoms with E-state index < -0.39 is 47.5 Å². The van der Waals surface area contributed by atoms with E-state index in [9.17, 15) is 29.4 Å². The molecule has 20 heavy (non-hydrogen) atoms. The van der Waals surface area contributed by atoms with Gasteiger partial charge in [0, 0.05) is 12.3 Å². The van der Waals surface area contributed by atoms with Crippen LogP contribution in [0, 0.1) is 0 Å². The number of aliphatic hydroxyl groups is 2. The van der Waals surface area contributed by atoms with Gasteiger partial charge in [-0.1, -0.05) is 0 Å². The number of H-pyrrole nitrogens is 1. The van der Waals surface area contributed by atoms with Crippen molar-refractivity contribution in [3.8, 4) is 0 Å². The molecule has 10 heteroatoms. The van der Waals surface area contributed by atoms with Crippen molar-refractivity contribution in [1.29, 1.82) is 0 Å². The van der Waals surface area contributed by atoms with E-state index >= 15 is 0 Å². The summed E-state index contributed by atoms with van der Waals surface area (Å²) in [4.78, 5) is 46.2. The molecule has 0 amide bonds. The van der Waals surface area contributed by atoms with Gasteiger partial charge in [0.15, 0.2) is 12.3 Å². The second-order valence-electron chi connectivity index (χ2n) is 4.12. The van der Waals surface area contributed by atoms with E-state index in [-0.39, 0.29) is 0 Å². The molecule has 4 N–H and O–H groups in total. The Labute approximate surface area is 109 Å². The number of ether oxygens (including phenoxy) is 1. The highest BCUT2D eigenvalue weighted by Gasteiger charge is 2.49. The topological polar surface area (TPSA) is 159 Å². The number of aromatic nitrogens is 2. The van der Waals surface area contributed by atoms with Gasteiger partial charge in [0.05, 0.1) is 0 Å². The molecule has 1 aliphatic rings. The van der Waals surface area contributed by atoms with Crippen LogP contribution < -0.4 is 11.2 Å². The molecule has 2 rings (SSSR count). The van der Waals surface area contributed by atoms with Gasteiger partial charge in [0.25, 0.3) is 11.3 Å². The largest absolute Gasteiger partial charge is 0.475 e. The lowest BCUT2D eigenvalue weighted by molar-refractivity contribution is -0.157. The van der Waals surface area contributed by atoms with E-state index in [1.54, 1.807) is 0 Å². The Morgan fingerprint density at radius 1 is 1.25 bits per heavy atom. The number of hydrogen-bond acceptors (Lipinski definition) is 7. The molecule has 0 spiro atoms. The van der Waals surface area contributed by atoms with Crippen LogP contribution in [0.15, 0.2) is 21.9 Å². The van der Waals surface area contributed by atoms with Gasteiger partial charge in [0.1, 0.15) is 12.2 Å². The third kappa shape index (κ3) is 2.27. The summed E-state index contributed by atoms with van der Waals surface area (Å²) < 4.78 is 5.67. The van der Waals surface area contributed by atoms with Crippen molar-refractivity contribution in [2.45, 2.75) is 24.5 Å². The highest BCUT2D eigenvalue weighted by atomic mass is 16.6. The molecular formula is C10H10N2O8. The number of hydrogen-bond donors (Lipinski definition) is 4. The van der Waals surface area contributed by atoms with Gasteiger partial charge in [-0.3, -0.25) is 19.1 Å². The molecule has 1 fully saturated rings. The Morgan fingerprint density at radius 2 is 1.90 bits per heavy atom. The van der Waals surface area contributed by atoms with Gasteiger partial charge in [-0.25, -0.2) is 9.59 Å². The predicted molar refractivity (Wildman–Crippen MR) is 59.9 cm³/mol. The van der Waals surface area contributed by atoms with Crippen molar-refractivity contribution >= 4 is 11.8 Å². The maximum atomic E-state index is 11.5. The number of aliphatic hydroxyl groups excluding tert-OH is 2. The third-order valence-corrected chi connectivity index (χ3v) is 2.83. The first-order valence-corrected chi connectivity index (χ1v) is 5.43. The van der Waals surface area contributed by atoms with Crippen LogP contribution in [0.2, 0.25) is 0 Å². The molecule has 0 aliphatic carbocycles. The standard InChI is InChI=1S/C10H10N2O8/c13-3-1-2-12(10(19)11-3)8-5(15)4(14)7(20-8)6(16)9(17)18/h1-2,4-5,7-8,14-15H,(H,17,18)(H,11,13,19)/t4-,5+,7-,8+/m0/s1. The van der Waals surface area contributed by atoms with Crippen molar-refractivity contribution in [3.05, 3.63) is 33.1 Å². The van der Waals surface area contributed by atoms with Crippen LogP contribution in [-0.4, -0.2) is 54.9 Å². The summed E-state index contributed by atoms with van der Waals surface area (Å²) in [5, 5.41) is 27.9. The third-order valence-electron chi connectivity index (χ3n) is 2.83. The van der Waals surface area contributed by atoms with E-state index in [0.29, 0.717) is 0 Å². The number of nitrogens with one attached hydrogen (secondary N) is 1. The zero-order valence-corrected chi connectivity index (χ0v) is 9.79. The molecule has 0 unspecified atom stereocenters. The van der Waals surface area contributed by atoms with E-state index in [0.717, 1.165) is 16.8 Å². The molecular weight excluding hydrogens is 276 g/mol. The van der Waals surface area contributed by atoms with Crippen LogP contribution >= 0.6 is 0 Å². The van der Waals surface area contributed by atoms with Crippen LogP contribution in [0.5, 0.6) is 0 Å². The SMILES string of the molecule is O=C(O)C(=O)[C@H]1O[C@@H](n2ccc(=O)[nH]c2=O)[C@H](O)[C@@H]1O. The summed E-state index contributed by atoms with van der Waals surface area (Å²) in [6.07, 6.45) is -5.79. The number of carboxylic acid groups (broad SMARTS) is 1. The molecule has 0 aromatic carbocycles. The van der Waals surface area contributed by atoms with Gasteiger partial charge < -0.3 is 20.1 Å².